The highest BCUT2D eigenvalue weighted by atomic mass is 28.3. The van der Waals surface area contributed by atoms with Gasteiger partial charge in [-0.15, -0.1) is 13.2 Å². The minimum absolute atomic E-state index is 0.958. The van der Waals surface area contributed by atoms with Crippen molar-refractivity contribution in [1.82, 2.24) is 0 Å². The predicted molar refractivity (Wildman–Crippen MR) is 155 cm³/mol. The van der Waals surface area contributed by atoms with Crippen LogP contribution in [0.4, 0.5) is 0 Å². The molecule has 1 aliphatic heterocycles. The standard InChI is InChI=1S/C34H30Si/c1-3-25-35(26-4-2)33(29-21-13-7-14-22-29)31(27-17-9-5-10-18-27)32(28-19-11-6-12-20-28)34(35)30-23-15-8-16-24-30/h3-24H,1-2,25-26H2. The fourth-order valence-corrected chi connectivity index (χ4v) is 10.8. The van der Waals surface area contributed by atoms with E-state index in [1.54, 1.807) is 0 Å². The molecule has 0 spiro atoms. The molecule has 4 aromatic carbocycles. The van der Waals surface area contributed by atoms with E-state index in [-0.39, 0.29) is 0 Å². The third kappa shape index (κ3) is 4.09. The van der Waals surface area contributed by atoms with Gasteiger partial charge in [-0.25, -0.2) is 0 Å². The highest BCUT2D eigenvalue weighted by Gasteiger charge is 2.48. The minimum Gasteiger partial charge on any atom is -0.103 e. The molecule has 4 aromatic rings. The van der Waals surface area contributed by atoms with Crippen LogP contribution in [0.1, 0.15) is 22.3 Å². The van der Waals surface area contributed by atoms with Gasteiger partial charge in [-0.1, -0.05) is 133 Å². The summed E-state index contributed by atoms with van der Waals surface area (Å²) in [6.45, 7) is 8.52. The zero-order valence-electron chi connectivity index (χ0n) is 20.0. The second kappa shape index (κ2) is 10.1. The second-order valence-corrected chi connectivity index (χ2v) is 13.0. The molecule has 0 aliphatic carbocycles. The average molecular weight is 467 g/mol. The molecule has 0 atom stereocenters. The van der Waals surface area contributed by atoms with Crippen molar-refractivity contribution < 1.29 is 0 Å². The summed E-state index contributed by atoms with van der Waals surface area (Å²) < 4.78 is 0. The first-order valence-corrected chi connectivity index (χ1v) is 14.6. The van der Waals surface area contributed by atoms with E-state index in [0.29, 0.717) is 0 Å². The zero-order valence-corrected chi connectivity index (χ0v) is 21.0. The lowest BCUT2D eigenvalue weighted by Gasteiger charge is -2.33. The molecule has 0 nitrogen and oxygen atoms in total. The maximum absolute atomic E-state index is 4.26. The lowest BCUT2D eigenvalue weighted by atomic mass is 9.89. The number of hydrogen-bond donors (Lipinski definition) is 0. The minimum atomic E-state index is -2.34. The van der Waals surface area contributed by atoms with Gasteiger partial charge < -0.3 is 0 Å². The monoisotopic (exact) mass is 466 g/mol. The third-order valence-corrected chi connectivity index (χ3v) is 11.9. The summed E-state index contributed by atoms with van der Waals surface area (Å²) in [4.78, 5) is 0. The van der Waals surface area contributed by atoms with E-state index in [4.69, 9.17) is 0 Å². The average Bonchev–Trinajstić information content (AvgIpc) is 3.21. The smallest absolute Gasteiger partial charge is 0.103 e. The van der Waals surface area contributed by atoms with Gasteiger partial charge >= 0.3 is 0 Å². The molecule has 170 valence electrons. The largest absolute Gasteiger partial charge is 0.128 e. The SMILES string of the molecule is C=CC[Si]1(CC=C)C(c2ccccc2)=C(c2ccccc2)C(c2ccccc2)=C1c1ccccc1. The Morgan fingerprint density at radius 1 is 0.429 bits per heavy atom. The Hall–Kier alpha value is -3.94. The van der Waals surface area contributed by atoms with Gasteiger partial charge in [-0.05, 0) is 55.9 Å². The van der Waals surface area contributed by atoms with Crippen LogP contribution in [0.3, 0.4) is 0 Å². The molecule has 0 saturated heterocycles. The fraction of sp³-hybridized carbons (Fsp3) is 0.0588. The van der Waals surface area contributed by atoms with Gasteiger partial charge in [0.2, 0.25) is 0 Å². The van der Waals surface area contributed by atoms with Crippen molar-refractivity contribution in [1.29, 1.82) is 0 Å². The Bertz CT molecular complexity index is 1270. The topological polar surface area (TPSA) is 0 Å². The van der Waals surface area contributed by atoms with Crippen molar-refractivity contribution >= 4 is 29.6 Å². The highest BCUT2D eigenvalue weighted by molar-refractivity contribution is 7.15. The summed E-state index contributed by atoms with van der Waals surface area (Å²) >= 11 is 0. The fourth-order valence-electron chi connectivity index (χ4n) is 5.68. The van der Waals surface area contributed by atoms with Gasteiger partial charge in [-0.2, -0.15) is 0 Å². The van der Waals surface area contributed by atoms with Crippen LogP contribution in [0.5, 0.6) is 0 Å². The molecule has 0 N–H and O–H groups in total. The van der Waals surface area contributed by atoms with Gasteiger partial charge in [0.1, 0.15) is 8.07 Å². The Labute approximate surface area is 210 Å². The molecule has 35 heavy (non-hydrogen) atoms. The van der Waals surface area contributed by atoms with Crippen LogP contribution in [0, 0.1) is 0 Å². The number of hydrogen-bond acceptors (Lipinski definition) is 0. The van der Waals surface area contributed by atoms with Crippen LogP contribution in [0.25, 0.3) is 21.5 Å². The first-order valence-electron chi connectivity index (χ1n) is 12.2. The molecule has 0 unspecified atom stereocenters. The van der Waals surface area contributed by atoms with Gasteiger partial charge in [0.25, 0.3) is 0 Å². The van der Waals surface area contributed by atoms with Crippen LogP contribution >= 0.6 is 0 Å². The Morgan fingerprint density at radius 2 is 0.714 bits per heavy atom. The normalized spacial score (nSPS) is 14.7. The first kappa shape index (κ1) is 22.8. The molecule has 1 aliphatic rings. The summed E-state index contributed by atoms with van der Waals surface area (Å²) in [5.41, 5.74) is 7.86. The maximum atomic E-state index is 4.26. The number of benzene rings is 4. The Morgan fingerprint density at radius 3 is 1.00 bits per heavy atom. The lowest BCUT2D eigenvalue weighted by molar-refractivity contribution is 1.48. The van der Waals surface area contributed by atoms with Gasteiger partial charge in [0.05, 0.1) is 0 Å². The maximum Gasteiger partial charge on any atom is 0.128 e. The van der Waals surface area contributed by atoms with E-state index in [0.717, 1.165) is 12.1 Å². The van der Waals surface area contributed by atoms with Crippen LogP contribution in [0.2, 0.25) is 12.1 Å². The van der Waals surface area contributed by atoms with E-state index >= 15 is 0 Å². The predicted octanol–water partition coefficient (Wildman–Crippen LogP) is 9.12. The third-order valence-electron chi connectivity index (χ3n) is 6.94. The van der Waals surface area contributed by atoms with Crippen molar-refractivity contribution in [3.8, 4) is 0 Å². The van der Waals surface area contributed by atoms with E-state index < -0.39 is 8.07 Å². The zero-order chi connectivity index (χ0) is 24.1. The quantitative estimate of drug-likeness (QED) is 0.179. The molecule has 0 amide bonds. The van der Waals surface area contributed by atoms with Gasteiger partial charge in [-0.3, -0.25) is 0 Å². The summed E-state index contributed by atoms with van der Waals surface area (Å²) in [5.74, 6) is 0. The van der Waals surface area contributed by atoms with E-state index in [9.17, 15) is 0 Å². The molecule has 0 fully saturated rings. The molecule has 5 rings (SSSR count). The molecule has 0 radical (unpaired) electrons. The van der Waals surface area contributed by atoms with Crippen molar-refractivity contribution in [3.63, 3.8) is 0 Å². The molecule has 0 saturated carbocycles. The second-order valence-electron chi connectivity index (χ2n) is 9.03. The molecule has 0 aromatic heterocycles. The number of rotatable bonds is 8. The highest BCUT2D eigenvalue weighted by Crippen LogP contribution is 2.58. The van der Waals surface area contributed by atoms with Crippen LogP contribution in [0.15, 0.2) is 147 Å². The van der Waals surface area contributed by atoms with E-state index in [2.05, 4.69) is 147 Å². The van der Waals surface area contributed by atoms with E-state index in [1.807, 2.05) is 0 Å². The Balaban J connectivity index is 2.00. The first-order chi connectivity index (χ1) is 17.3. The van der Waals surface area contributed by atoms with Crippen LogP contribution < -0.4 is 0 Å². The summed E-state index contributed by atoms with van der Waals surface area (Å²) in [7, 11) is -2.34. The molecule has 1 heterocycles. The van der Waals surface area contributed by atoms with E-state index in [1.165, 1.54) is 43.8 Å². The van der Waals surface area contributed by atoms with Gasteiger partial charge in [0, 0.05) is 0 Å². The van der Waals surface area contributed by atoms with Crippen LogP contribution in [-0.2, 0) is 0 Å². The number of allylic oxidation sites excluding steroid dienone is 4. The molecule has 1 heteroatoms. The van der Waals surface area contributed by atoms with Crippen molar-refractivity contribution in [2.45, 2.75) is 12.1 Å². The summed E-state index contributed by atoms with van der Waals surface area (Å²) in [5, 5.41) is 2.98. The molecular weight excluding hydrogens is 436 g/mol. The summed E-state index contributed by atoms with van der Waals surface area (Å²) in [6.07, 6.45) is 4.27. The van der Waals surface area contributed by atoms with Crippen LogP contribution in [-0.4, -0.2) is 8.07 Å². The van der Waals surface area contributed by atoms with Crippen molar-refractivity contribution in [2.24, 2.45) is 0 Å². The molecular formula is C34H30Si. The lowest BCUT2D eigenvalue weighted by Crippen LogP contribution is -2.35. The Kier molecular flexibility index (Phi) is 6.61. The van der Waals surface area contributed by atoms with Gasteiger partial charge in [0.15, 0.2) is 0 Å². The van der Waals surface area contributed by atoms with Crippen molar-refractivity contribution in [2.75, 3.05) is 0 Å². The molecule has 0 bridgehead atoms. The summed E-state index contributed by atoms with van der Waals surface area (Å²) in [6, 6.07) is 45.7. The van der Waals surface area contributed by atoms with Crippen molar-refractivity contribution in [3.05, 3.63) is 169 Å².